The van der Waals surface area contributed by atoms with Crippen LogP contribution < -0.4 is 10.6 Å². The van der Waals surface area contributed by atoms with Gasteiger partial charge in [0.05, 0.1) is 12.1 Å². The minimum absolute atomic E-state index is 0. The lowest BCUT2D eigenvalue weighted by molar-refractivity contribution is 0.0921. The Hall–Kier alpha value is -1.89. The summed E-state index contributed by atoms with van der Waals surface area (Å²) < 4.78 is 0. The van der Waals surface area contributed by atoms with E-state index in [4.69, 9.17) is 0 Å². The predicted octanol–water partition coefficient (Wildman–Crippen LogP) is 1.65. The molecule has 1 fully saturated rings. The number of amides is 1. The first-order chi connectivity index (χ1) is 11.7. The van der Waals surface area contributed by atoms with Gasteiger partial charge in [-0.15, -0.1) is 12.4 Å². The van der Waals surface area contributed by atoms with Crippen molar-refractivity contribution in [3.63, 3.8) is 0 Å². The summed E-state index contributed by atoms with van der Waals surface area (Å²) in [5.74, 6) is -0.0718. The van der Waals surface area contributed by atoms with E-state index in [2.05, 4.69) is 57.0 Å². The minimum Gasteiger partial charge on any atom is -0.346 e. The van der Waals surface area contributed by atoms with Gasteiger partial charge in [-0.3, -0.25) is 14.8 Å². The van der Waals surface area contributed by atoms with Gasteiger partial charge in [-0.1, -0.05) is 30.3 Å². The fourth-order valence-corrected chi connectivity index (χ4v) is 3.88. The molecule has 2 unspecified atom stereocenters. The maximum absolute atomic E-state index is 12.8. The molecule has 7 heteroatoms. The van der Waals surface area contributed by atoms with Crippen molar-refractivity contribution in [3.8, 4) is 0 Å². The number of halogens is 1. The third kappa shape index (κ3) is 3.42. The molecule has 0 saturated carbocycles. The van der Waals surface area contributed by atoms with E-state index >= 15 is 0 Å². The average molecular weight is 362 g/mol. The molecule has 3 heterocycles. The normalized spacial score (nSPS) is 22.9. The second-order valence-electron chi connectivity index (χ2n) is 6.66. The summed E-state index contributed by atoms with van der Waals surface area (Å²) in [5, 5.41) is 13.8. The van der Waals surface area contributed by atoms with Gasteiger partial charge in [0.1, 0.15) is 0 Å². The highest BCUT2D eigenvalue weighted by atomic mass is 35.5. The van der Waals surface area contributed by atoms with Gasteiger partial charge in [0.15, 0.2) is 5.69 Å². The smallest absolute Gasteiger partial charge is 0.272 e. The number of likely N-dealkylation sites (N-methyl/N-ethyl adjacent to an activating group) is 1. The number of H-pyrrole nitrogens is 1. The zero-order valence-electron chi connectivity index (χ0n) is 14.3. The number of hydrogen-bond donors (Lipinski definition) is 3. The van der Waals surface area contributed by atoms with E-state index in [1.165, 1.54) is 5.56 Å². The molecule has 1 aromatic carbocycles. The van der Waals surface area contributed by atoms with Crippen LogP contribution in [0.2, 0.25) is 0 Å². The number of fused-ring (bicyclic) bond motifs is 1. The standard InChI is InChI=1S/C18H23N5O.ClH/c1-23-10-8-15(17(23)12-5-3-2-4-6-12)20-18(24)16-13-11-19-9-7-14(13)21-22-16;/h2-6,15,17,19H,7-11H2,1H3,(H,20,24)(H,21,22);1H. The number of nitrogens with zero attached hydrogens (tertiary/aromatic N) is 2. The molecule has 0 spiro atoms. The molecule has 134 valence electrons. The Morgan fingerprint density at radius 3 is 2.92 bits per heavy atom. The summed E-state index contributed by atoms with van der Waals surface area (Å²) >= 11 is 0. The maximum atomic E-state index is 12.8. The van der Waals surface area contributed by atoms with Gasteiger partial charge in [0.25, 0.3) is 5.91 Å². The molecule has 2 aliphatic heterocycles. The van der Waals surface area contributed by atoms with Crippen LogP contribution in [0.25, 0.3) is 0 Å². The van der Waals surface area contributed by atoms with Gasteiger partial charge in [-0.2, -0.15) is 5.10 Å². The molecular weight excluding hydrogens is 338 g/mol. The first-order valence-corrected chi connectivity index (χ1v) is 8.57. The van der Waals surface area contributed by atoms with Crippen LogP contribution in [0, 0.1) is 0 Å². The summed E-state index contributed by atoms with van der Waals surface area (Å²) in [6, 6.07) is 10.7. The van der Waals surface area contributed by atoms with E-state index in [-0.39, 0.29) is 30.4 Å². The predicted molar refractivity (Wildman–Crippen MR) is 98.9 cm³/mol. The fraction of sp³-hybridized carbons (Fsp3) is 0.444. The molecule has 0 bridgehead atoms. The Kier molecular flexibility index (Phi) is 5.42. The summed E-state index contributed by atoms with van der Waals surface area (Å²) in [4.78, 5) is 15.1. The van der Waals surface area contributed by atoms with E-state index in [1.807, 2.05) is 6.07 Å². The Labute approximate surface area is 153 Å². The number of carbonyl (C=O) groups is 1. The number of likely N-dealkylation sites (tertiary alicyclic amines) is 1. The van der Waals surface area contributed by atoms with Gasteiger partial charge in [0, 0.05) is 37.3 Å². The third-order valence-electron chi connectivity index (χ3n) is 5.13. The molecule has 0 radical (unpaired) electrons. The molecule has 25 heavy (non-hydrogen) atoms. The second-order valence-corrected chi connectivity index (χ2v) is 6.66. The van der Waals surface area contributed by atoms with Crippen LogP contribution in [0.3, 0.4) is 0 Å². The van der Waals surface area contributed by atoms with Gasteiger partial charge in [-0.25, -0.2) is 0 Å². The lowest BCUT2D eigenvalue weighted by Crippen LogP contribution is -2.39. The lowest BCUT2D eigenvalue weighted by atomic mass is 9.99. The van der Waals surface area contributed by atoms with Crippen LogP contribution in [0.5, 0.6) is 0 Å². The molecule has 4 rings (SSSR count). The zero-order chi connectivity index (χ0) is 16.5. The maximum Gasteiger partial charge on any atom is 0.272 e. The van der Waals surface area contributed by atoms with Gasteiger partial charge < -0.3 is 10.6 Å². The highest BCUT2D eigenvalue weighted by Crippen LogP contribution is 2.31. The van der Waals surface area contributed by atoms with Crippen LogP contribution in [0.1, 0.15) is 39.8 Å². The molecule has 0 aliphatic carbocycles. The highest BCUT2D eigenvalue weighted by Gasteiger charge is 2.35. The Balaban J connectivity index is 0.00000182. The van der Waals surface area contributed by atoms with Crippen molar-refractivity contribution in [2.24, 2.45) is 0 Å². The van der Waals surface area contributed by atoms with Gasteiger partial charge >= 0.3 is 0 Å². The topological polar surface area (TPSA) is 73.0 Å². The van der Waals surface area contributed by atoms with Crippen LogP contribution in [0.4, 0.5) is 0 Å². The van der Waals surface area contributed by atoms with Crippen LogP contribution in [-0.2, 0) is 13.0 Å². The van der Waals surface area contributed by atoms with Crippen molar-refractivity contribution in [1.82, 2.24) is 25.7 Å². The number of nitrogens with one attached hydrogen (secondary N) is 3. The van der Waals surface area contributed by atoms with Gasteiger partial charge in [-0.05, 0) is 19.0 Å². The lowest BCUT2D eigenvalue weighted by Gasteiger charge is -2.26. The number of aromatic amines is 1. The van der Waals surface area contributed by atoms with Gasteiger partial charge in [0.2, 0.25) is 0 Å². The Morgan fingerprint density at radius 2 is 2.12 bits per heavy atom. The van der Waals surface area contributed by atoms with Crippen molar-refractivity contribution in [3.05, 3.63) is 52.8 Å². The van der Waals surface area contributed by atoms with Crippen molar-refractivity contribution in [2.45, 2.75) is 31.5 Å². The van der Waals surface area contributed by atoms with Crippen molar-refractivity contribution >= 4 is 18.3 Å². The van der Waals surface area contributed by atoms with Crippen LogP contribution >= 0.6 is 12.4 Å². The summed E-state index contributed by atoms with van der Waals surface area (Å²) in [6.45, 7) is 2.62. The fourth-order valence-electron chi connectivity index (χ4n) is 3.88. The molecule has 2 aliphatic rings. The summed E-state index contributed by atoms with van der Waals surface area (Å²) in [6.07, 6.45) is 1.85. The van der Waals surface area contributed by atoms with Crippen molar-refractivity contribution in [2.75, 3.05) is 20.1 Å². The largest absolute Gasteiger partial charge is 0.346 e. The SMILES string of the molecule is CN1CCC(NC(=O)c2n[nH]c3c2CNCC3)C1c1ccccc1.Cl. The van der Waals surface area contributed by atoms with E-state index in [1.54, 1.807) is 0 Å². The van der Waals surface area contributed by atoms with Crippen LogP contribution in [0.15, 0.2) is 30.3 Å². The number of rotatable bonds is 3. The molecule has 3 N–H and O–H groups in total. The molecular formula is C18H24ClN5O. The number of carbonyl (C=O) groups excluding carboxylic acids is 1. The first-order valence-electron chi connectivity index (χ1n) is 8.57. The number of hydrogen-bond acceptors (Lipinski definition) is 4. The molecule has 1 amide bonds. The van der Waals surface area contributed by atoms with Crippen molar-refractivity contribution < 1.29 is 4.79 Å². The summed E-state index contributed by atoms with van der Waals surface area (Å²) in [7, 11) is 2.12. The Morgan fingerprint density at radius 1 is 1.32 bits per heavy atom. The number of aromatic nitrogens is 2. The molecule has 2 atom stereocenters. The van der Waals surface area contributed by atoms with Crippen LogP contribution in [-0.4, -0.2) is 47.2 Å². The van der Waals surface area contributed by atoms with E-state index in [9.17, 15) is 4.79 Å². The van der Waals surface area contributed by atoms with E-state index in [0.29, 0.717) is 12.2 Å². The monoisotopic (exact) mass is 361 g/mol. The first kappa shape index (κ1) is 17.9. The summed E-state index contributed by atoms with van der Waals surface area (Å²) in [5.41, 5.74) is 3.88. The van der Waals surface area contributed by atoms with Crippen molar-refractivity contribution in [1.29, 1.82) is 0 Å². The molecule has 1 aromatic heterocycles. The average Bonchev–Trinajstić information content (AvgIpc) is 3.19. The molecule has 1 saturated heterocycles. The number of benzene rings is 1. The Bertz CT molecular complexity index is 732. The third-order valence-corrected chi connectivity index (χ3v) is 5.13. The quantitative estimate of drug-likeness (QED) is 0.777. The zero-order valence-corrected chi connectivity index (χ0v) is 15.1. The van der Waals surface area contributed by atoms with E-state index in [0.717, 1.165) is 37.2 Å². The molecule has 2 aromatic rings. The van der Waals surface area contributed by atoms with E-state index < -0.39 is 0 Å². The second kappa shape index (κ2) is 7.56. The highest BCUT2D eigenvalue weighted by molar-refractivity contribution is 5.94. The minimum atomic E-state index is -0.0718. The molecule has 6 nitrogen and oxygen atoms in total.